The van der Waals surface area contributed by atoms with Crippen LogP contribution in [0, 0.1) is 13.8 Å². The summed E-state index contributed by atoms with van der Waals surface area (Å²) in [6, 6.07) is 10.3. The van der Waals surface area contributed by atoms with Gasteiger partial charge in [-0.25, -0.2) is 0 Å². The van der Waals surface area contributed by atoms with E-state index in [4.69, 9.17) is 0 Å². The van der Waals surface area contributed by atoms with Crippen LogP contribution in [-0.4, -0.2) is 36.3 Å². The molecule has 1 heterocycles. The van der Waals surface area contributed by atoms with Crippen molar-refractivity contribution in [2.75, 3.05) is 20.6 Å². The van der Waals surface area contributed by atoms with Gasteiger partial charge in [-0.15, -0.1) is 11.3 Å². The Morgan fingerprint density at radius 2 is 1.77 bits per heavy atom. The molecule has 0 saturated heterocycles. The first-order valence-electron chi connectivity index (χ1n) is 7.47. The molecule has 0 radical (unpaired) electrons. The average molecular weight is 316 g/mol. The zero-order valence-electron chi connectivity index (χ0n) is 13.8. The number of benzene rings is 1. The van der Waals surface area contributed by atoms with E-state index in [0.717, 1.165) is 6.54 Å². The molecule has 22 heavy (non-hydrogen) atoms. The zero-order valence-corrected chi connectivity index (χ0v) is 14.6. The second-order valence-corrected chi connectivity index (χ2v) is 6.88. The number of carbonyl (C=O) groups excluding carboxylic acids is 1. The summed E-state index contributed by atoms with van der Waals surface area (Å²) in [5, 5.41) is 2.10. The molecule has 0 N–H and O–H groups in total. The van der Waals surface area contributed by atoms with E-state index >= 15 is 0 Å². The fourth-order valence-electron chi connectivity index (χ4n) is 2.35. The van der Waals surface area contributed by atoms with Crippen LogP contribution in [0.2, 0.25) is 0 Å². The molecule has 0 aliphatic heterocycles. The molecule has 1 amide bonds. The largest absolute Gasteiger partial charge is 0.340 e. The Balaban J connectivity index is 1.88. The van der Waals surface area contributed by atoms with Crippen molar-refractivity contribution in [3.05, 3.63) is 57.3 Å². The predicted molar refractivity (Wildman–Crippen MR) is 93.0 cm³/mol. The number of thiophene rings is 1. The lowest BCUT2D eigenvalue weighted by atomic mass is 10.1. The average Bonchev–Trinajstić information content (AvgIpc) is 2.86. The Morgan fingerprint density at radius 1 is 1.05 bits per heavy atom. The molecule has 0 aliphatic rings. The molecular formula is C18H24N2OS. The van der Waals surface area contributed by atoms with E-state index in [9.17, 15) is 4.79 Å². The summed E-state index contributed by atoms with van der Waals surface area (Å²) in [4.78, 5) is 17.6. The number of nitrogens with zero attached hydrogens (tertiary/aromatic N) is 2. The molecule has 0 bridgehead atoms. The molecule has 0 aliphatic carbocycles. The van der Waals surface area contributed by atoms with Crippen LogP contribution in [0.1, 0.15) is 21.6 Å². The summed E-state index contributed by atoms with van der Waals surface area (Å²) in [5.41, 5.74) is 3.73. The van der Waals surface area contributed by atoms with Gasteiger partial charge in [-0.05, 0) is 49.0 Å². The van der Waals surface area contributed by atoms with Crippen molar-refractivity contribution in [3.8, 4) is 0 Å². The van der Waals surface area contributed by atoms with E-state index in [1.54, 1.807) is 16.2 Å². The van der Waals surface area contributed by atoms with Gasteiger partial charge in [-0.2, -0.15) is 0 Å². The lowest BCUT2D eigenvalue weighted by molar-refractivity contribution is -0.131. The van der Waals surface area contributed by atoms with Crippen molar-refractivity contribution in [1.82, 2.24) is 9.80 Å². The second-order valence-electron chi connectivity index (χ2n) is 5.88. The van der Waals surface area contributed by atoms with Crippen LogP contribution in [0.15, 0.2) is 35.7 Å². The highest BCUT2D eigenvalue weighted by Crippen LogP contribution is 2.17. The maximum atomic E-state index is 12.4. The molecule has 1 aromatic heterocycles. The highest BCUT2D eigenvalue weighted by Gasteiger charge is 2.14. The lowest BCUT2D eigenvalue weighted by Gasteiger charge is -2.22. The molecule has 0 unspecified atom stereocenters. The Kier molecular flexibility index (Phi) is 5.75. The highest BCUT2D eigenvalue weighted by molar-refractivity contribution is 7.10. The van der Waals surface area contributed by atoms with Crippen molar-refractivity contribution in [2.45, 2.75) is 26.9 Å². The van der Waals surface area contributed by atoms with E-state index in [2.05, 4.69) is 42.3 Å². The van der Waals surface area contributed by atoms with Gasteiger partial charge in [0.15, 0.2) is 0 Å². The van der Waals surface area contributed by atoms with Gasteiger partial charge < -0.3 is 4.90 Å². The molecule has 0 saturated carbocycles. The molecule has 4 heteroatoms. The summed E-state index contributed by atoms with van der Waals surface area (Å²) < 4.78 is 0. The van der Waals surface area contributed by atoms with Crippen LogP contribution in [0.25, 0.3) is 0 Å². The monoisotopic (exact) mass is 316 g/mol. The third-order valence-corrected chi connectivity index (χ3v) is 4.89. The smallest absolute Gasteiger partial charge is 0.236 e. The van der Waals surface area contributed by atoms with Gasteiger partial charge >= 0.3 is 0 Å². The van der Waals surface area contributed by atoms with Crippen LogP contribution < -0.4 is 0 Å². The summed E-state index contributed by atoms with van der Waals surface area (Å²) in [6.45, 7) is 6.13. The first kappa shape index (κ1) is 16.7. The summed E-state index contributed by atoms with van der Waals surface area (Å²) >= 11 is 1.75. The van der Waals surface area contributed by atoms with E-state index in [1.807, 2.05) is 26.2 Å². The Morgan fingerprint density at radius 3 is 2.41 bits per heavy atom. The standard InChI is InChI=1S/C18H24N2OS/c1-14-7-5-6-8-16(14)11-20(4)18(21)13-19(3)12-17-15(2)9-10-22-17/h5-10H,11-13H2,1-4H3. The molecule has 2 rings (SSSR count). The van der Waals surface area contributed by atoms with E-state index in [1.165, 1.54) is 21.6 Å². The molecule has 1 aromatic carbocycles. The molecular weight excluding hydrogens is 292 g/mol. The van der Waals surface area contributed by atoms with Gasteiger partial charge in [0.2, 0.25) is 5.91 Å². The van der Waals surface area contributed by atoms with Crippen LogP contribution in [0.4, 0.5) is 0 Å². The molecule has 0 spiro atoms. The Labute approximate surface area is 137 Å². The Bertz CT molecular complexity index is 636. The number of hydrogen-bond acceptors (Lipinski definition) is 3. The zero-order chi connectivity index (χ0) is 16.1. The highest BCUT2D eigenvalue weighted by atomic mass is 32.1. The number of aryl methyl sites for hydroxylation is 2. The minimum Gasteiger partial charge on any atom is -0.340 e. The first-order chi connectivity index (χ1) is 10.5. The second kappa shape index (κ2) is 7.56. The molecule has 3 nitrogen and oxygen atoms in total. The fourth-order valence-corrected chi connectivity index (χ4v) is 3.34. The van der Waals surface area contributed by atoms with Crippen LogP contribution >= 0.6 is 11.3 Å². The quantitative estimate of drug-likeness (QED) is 0.815. The number of likely N-dealkylation sites (N-methyl/N-ethyl adjacent to an activating group) is 2. The number of hydrogen-bond donors (Lipinski definition) is 0. The molecule has 2 aromatic rings. The van der Waals surface area contributed by atoms with E-state index < -0.39 is 0 Å². The molecule has 118 valence electrons. The van der Waals surface area contributed by atoms with Crippen molar-refractivity contribution in [3.63, 3.8) is 0 Å². The number of rotatable bonds is 6. The molecule has 0 fully saturated rings. The van der Waals surface area contributed by atoms with Gasteiger partial charge in [-0.1, -0.05) is 24.3 Å². The lowest BCUT2D eigenvalue weighted by Crippen LogP contribution is -2.36. The summed E-state index contributed by atoms with van der Waals surface area (Å²) in [6.07, 6.45) is 0. The maximum Gasteiger partial charge on any atom is 0.236 e. The number of amides is 1. The van der Waals surface area contributed by atoms with Gasteiger partial charge in [0.1, 0.15) is 0 Å². The van der Waals surface area contributed by atoms with Crippen LogP contribution in [0.5, 0.6) is 0 Å². The van der Waals surface area contributed by atoms with Gasteiger partial charge in [0, 0.05) is 25.0 Å². The van der Waals surface area contributed by atoms with Crippen molar-refractivity contribution < 1.29 is 4.79 Å². The van der Waals surface area contributed by atoms with Crippen molar-refractivity contribution in [1.29, 1.82) is 0 Å². The minimum absolute atomic E-state index is 0.153. The number of carbonyl (C=O) groups is 1. The van der Waals surface area contributed by atoms with Gasteiger partial charge in [-0.3, -0.25) is 9.69 Å². The third-order valence-electron chi connectivity index (χ3n) is 3.88. The first-order valence-corrected chi connectivity index (χ1v) is 8.35. The van der Waals surface area contributed by atoms with E-state index in [0.29, 0.717) is 13.1 Å². The summed E-state index contributed by atoms with van der Waals surface area (Å²) in [5.74, 6) is 0.153. The van der Waals surface area contributed by atoms with Crippen molar-refractivity contribution >= 4 is 17.2 Å². The van der Waals surface area contributed by atoms with Crippen molar-refractivity contribution in [2.24, 2.45) is 0 Å². The van der Waals surface area contributed by atoms with Crippen LogP contribution in [-0.2, 0) is 17.9 Å². The molecule has 0 atom stereocenters. The fraction of sp³-hybridized carbons (Fsp3) is 0.389. The topological polar surface area (TPSA) is 23.6 Å². The van der Waals surface area contributed by atoms with Gasteiger partial charge in [0.05, 0.1) is 6.54 Å². The van der Waals surface area contributed by atoms with Crippen LogP contribution in [0.3, 0.4) is 0 Å². The van der Waals surface area contributed by atoms with E-state index in [-0.39, 0.29) is 5.91 Å². The predicted octanol–water partition coefficient (Wildman–Crippen LogP) is 3.46. The third kappa shape index (κ3) is 4.42. The van der Waals surface area contributed by atoms with Gasteiger partial charge in [0.25, 0.3) is 0 Å². The normalized spacial score (nSPS) is 11.0. The minimum atomic E-state index is 0.153. The SMILES string of the molecule is Cc1ccccc1CN(C)C(=O)CN(C)Cc1sccc1C. The Hall–Kier alpha value is -1.65. The summed E-state index contributed by atoms with van der Waals surface area (Å²) in [7, 11) is 3.87. The maximum absolute atomic E-state index is 12.4.